The van der Waals surface area contributed by atoms with Crippen molar-refractivity contribution in [3.8, 4) is 11.3 Å². The molecule has 4 rings (SSSR count). The van der Waals surface area contributed by atoms with Gasteiger partial charge < -0.3 is 15.2 Å². The molecule has 1 aliphatic rings. The summed E-state index contributed by atoms with van der Waals surface area (Å²) in [6, 6.07) is 3.79. The summed E-state index contributed by atoms with van der Waals surface area (Å²) in [6.07, 6.45) is 5.74. The molecule has 0 bridgehead atoms. The maximum absolute atomic E-state index is 14.0. The fourth-order valence-electron chi connectivity index (χ4n) is 3.31. The highest BCUT2D eigenvalue weighted by Crippen LogP contribution is 2.42. The Hall–Kier alpha value is -3.10. The van der Waals surface area contributed by atoms with Crippen LogP contribution in [-0.4, -0.2) is 32.0 Å². The van der Waals surface area contributed by atoms with E-state index in [4.69, 9.17) is 0 Å². The lowest BCUT2D eigenvalue weighted by Crippen LogP contribution is -2.15. The van der Waals surface area contributed by atoms with Crippen molar-refractivity contribution in [2.75, 3.05) is 17.2 Å². The van der Waals surface area contributed by atoms with Crippen molar-refractivity contribution in [1.29, 1.82) is 0 Å². The largest absolute Gasteiger partial charge is 0.370 e. The standard InChI is InChI=1S/C20H22F2N6O/c1-4-23-18-8-15(26-19(27-18)20(3,21)22)14-10-28(12-5-6-12)16-9-24-17(7-13(14)16)25-11(2)29/h7-10,12H,4-6H2,1-3H3,(H,23,26,27)(H,24,25,29). The van der Waals surface area contributed by atoms with E-state index >= 15 is 0 Å². The maximum Gasteiger partial charge on any atom is 0.303 e. The molecule has 9 heteroatoms. The fourth-order valence-corrected chi connectivity index (χ4v) is 3.31. The van der Waals surface area contributed by atoms with Crippen LogP contribution in [-0.2, 0) is 10.7 Å². The monoisotopic (exact) mass is 400 g/mol. The number of aromatic nitrogens is 4. The van der Waals surface area contributed by atoms with Crippen LogP contribution in [0.4, 0.5) is 20.4 Å². The number of rotatable bonds is 6. The van der Waals surface area contributed by atoms with Gasteiger partial charge in [0.2, 0.25) is 11.7 Å². The van der Waals surface area contributed by atoms with E-state index in [1.54, 1.807) is 18.3 Å². The van der Waals surface area contributed by atoms with Crippen LogP contribution >= 0.6 is 0 Å². The first-order valence-corrected chi connectivity index (χ1v) is 9.56. The average Bonchev–Trinajstić information content (AvgIpc) is 3.41. The molecule has 0 aliphatic heterocycles. The quantitative estimate of drug-likeness (QED) is 0.643. The van der Waals surface area contributed by atoms with Crippen molar-refractivity contribution in [2.45, 2.75) is 45.6 Å². The van der Waals surface area contributed by atoms with Gasteiger partial charge in [0.05, 0.1) is 17.4 Å². The van der Waals surface area contributed by atoms with E-state index in [9.17, 15) is 13.6 Å². The molecule has 0 saturated heterocycles. The van der Waals surface area contributed by atoms with E-state index in [0.29, 0.717) is 35.5 Å². The topological polar surface area (TPSA) is 84.7 Å². The number of halogens is 2. The lowest BCUT2D eigenvalue weighted by molar-refractivity contribution is -0.114. The summed E-state index contributed by atoms with van der Waals surface area (Å²) in [4.78, 5) is 23.9. The van der Waals surface area contributed by atoms with Gasteiger partial charge >= 0.3 is 5.92 Å². The molecule has 3 heterocycles. The van der Waals surface area contributed by atoms with Crippen LogP contribution in [0.25, 0.3) is 22.2 Å². The summed E-state index contributed by atoms with van der Waals surface area (Å²) in [5.74, 6) is -3.18. The number of anilines is 2. The van der Waals surface area contributed by atoms with Crippen LogP contribution in [0.15, 0.2) is 24.5 Å². The first kappa shape index (κ1) is 19.2. The van der Waals surface area contributed by atoms with Gasteiger partial charge in [-0.05, 0) is 25.8 Å². The van der Waals surface area contributed by atoms with E-state index in [-0.39, 0.29) is 5.91 Å². The second-order valence-electron chi connectivity index (χ2n) is 7.33. The Morgan fingerprint density at radius 3 is 2.66 bits per heavy atom. The molecule has 0 unspecified atom stereocenters. The number of hydrogen-bond acceptors (Lipinski definition) is 5. The summed E-state index contributed by atoms with van der Waals surface area (Å²) in [7, 11) is 0. The number of fused-ring (bicyclic) bond motifs is 1. The Balaban J connectivity index is 1.92. The Bertz CT molecular complexity index is 1080. The van der Waals surface area contributed by atoms with Crippen molar-refractivity contribution in [3.63, 3.8) is 0 Å². The molecule has 0 atom stereocenters. The summed E-state index contributed by atoms with van der Waals surface area (Å²) in [5.41, 5.74) is 1.98. The van der Waals surface area contributed by atoms with Crippen LogP contribution in [0.3, 0.4) is 0 Å². The molecule has 0 radical (unpaired) electrons. The van der Waals surface area contributed by atoms with Crippen molar-refractivity contribution in [3.05, 3.63) is 30.4 Å². The molecule has 1 aliphatic carbocycles. The zero-order valence-corrected chi connectivity index (χ0v) is 16.5. The fraction of sp³-hybridized carbons (Fsp3) is 0.400. The van der Waals surface area contributed by atoms with Gasteiger partial charge in [-0.3, -0.25) is 4.79 Å². The first-order chi connectivity index (χ1) is 13.8. The highest BCUT2D eigenvalue weighted by Gasteiger charge is 2.31. The molecule has 1 fully saturated rings. The molecule has 1 amide bonds. The van der Waals surface area contributed by atoms with Gasteiger partial charge in [0, 0.05) is 49.6 Å². The highest BCUT2D eigenvalue weighted by molar-refractivity contribution is 5.98. The van der Waals surface area contributed by atoms with Gasteiger partial charge in [-0.25, -0.2) is 15.0 Å². The number of carbonyl (C=O) groups is 1. The van der Waals surface area contributed by atoms with Gasteiger partial charge in [-0.15, -0.1) is 0 Å². The van der Waals surface area contributed by atoms with Gasteiger partial charge in [0.15, 0.2) is 0 Å². The average molecular weight is 400 g/mol. The Morgan fingerprint density at radius 1 is 1.28 bits per heavy atom. The Morgan fingerprint density at radius 2 is 2.03 bits per heavy atom. The van der Waals surface area contributed by atoms with Crippen LogP contribution in [0.5, 0.6) is 0 Å². The highest BCUT2D eigenvalue weighted by atomic mass is 19.3. The van der Waals surface area contributed by atoms with Crippen LogP contribution in [0.2, 0.25) is 0 Å². The maximum atomic E-state index is 14.0. The number of pyridine rings is 1. The van der Waals surface area contributed by atoms with E-state index in [0.717, 1.165) is 30.7 Å². The lowest BCUT2D eigenvalue weighted by Gasteiger charge is -2.13. The van der Waals surface area contributed by atoms with Crippen LogP contribution in [0, 0.1) is 0 Å². The molecule has 3 aromatic heterocycles. The third-order valence-corrected chi connectivity index (χ3v) is 4.72. The second kappa shape index (κ2) is 7.06. The summed E-state index contributed by atoms with van der Waals surface area (Å²) < 4.78 is 30.1. The molecule has 3 aromatic rings. The molecule has 2 N–H and O–H groups in total. The smallest absolute Gasteiger partial charge is 0.303 e. The van der Waals surface area contributed by atoms with Crippen molar-refractivity contribution < 1.29 is 13.6 Å². The van der Waals surface area contributed by atoms with Crippen molar-refractivity contribution in [1.82, 2.24) is 19.5 Å². The number of amides is 1. The van der Waals surface area contributed by atoms with Gasteiger partial charge in [0.1, 0.15) is 11.6 Å². The number of alkyl halides is 2. The van der Waals surface area contributed by atoms with Gasteiger partial charge in [-0.2, -0.15) is 8.78 Å². The molecule has 29 heavy (non-hydrogen) atoms. The predicted octanol–water partition coefficient (Wildman–Crippen LogP) is 4.33. The summed E-state index contributed by atoms with van der Waals surface area (Å²) >= 11 is 0. The summed E-state index contributed by atoms with van der Waals surface area (Å²) in [6.45, 7) is 4.61. The van der Waals surface area contributed by atoms with Crippen molar-refractivity contribution >= 4 is 28.4 Å². The first-order valence-electron chi connectivity index (χ1n) is 9.56. The third-order valence-electron chi connectivity index (χ3n) is 4.72. The zero-order chi connectivity index (χ0) is 20.8. The minimum absolute atomic E-state index is 0.232. The zero-order valence-electron chi connectivity index (χ0n) is 16.5. The minimum atomic E-state index is -3.17. The predicted molar refractivity (Wildman–Crippen MR) is 107 cm³/mol. The Labute approximate surface area is 166 Å². The van der Waals surface area contributed by atoms with E-state index < -0.39 is 11.7 Å². The number of hydrogen-bond donors (Lipinski definition) is 2. The van der Waals surface area contributed by atoms with Gasteiger partial charge in [0.25, 0.3) is 0 Å². The SMILES string of the molecule is CCNc1cc(-c2cn(C3CC3)c3cnc(NC(C)=O)cc23)nc(C(C)(F)F)n1. The molecule has 0 aromatic carbocycles. The minimum Gasteiger partial charge on any atom is -0.370 e. The third kappa shape index (κ3) is 3.90. The van der Waals surface area contributed by atoms with E-state index in [2.05, 4.69) is 30.2 Å². The molecule has 7 nitrogen and oxygen atoms in total. The van der Waals surface area contributed by atoms with Crippen LogP contribution < -0.4 is 10.6 Å². The second-order valence-corrected chi connectivity index (χ2v) is 7.33. The summed E-state index contributed by atoms with van der Waals surface area (Å²) in [5, 5.41) is 6.46. The number of nitrogens with one attached hydrogen (secondary N) is 2. The van der Waals surface area contributed by atoms with Crippen molar-refractivity contribution in [2.24, 2.45) is 0 Å². The molecule has 1 saturated carbocycles. The normalized spacial score (nSPS) is 14.2. The molecular formula is C20H22F2N6O. The van der Waals surface area contributed by atoms with Gasteiger partial charge in [-0.1, -0.05) is 0 Å². The lowest BCUT2D eigenvalue weighted by atomic mass is 10.1. The molecular weight excluding hydrogens is 378 g/mol. The van der Waals surface area contributed by atoms with Crippen LogP contribution in [0.1, 0.15) is 45.5 Å². The van der Waals surface area contributed by atoms with E-state index in [1.165, 1.54) is 6.92 Å². The Kier molecular flexibility index (Phi) is 4.68. The molecule has 152 valence electrons. The van der Waals surface area contributed by atoms with E-state index in [1.807, 2.05) is 13.1 Å². The number of nitrogens with zero attached hydrogens (tertiary/aromatic N) is 4. The molecule has 0 spiro atoms. The number of carbonyl (C=O) groups excluding carboxylic acids is 1.